The Hall–Kier alpha value is -1.07. The minimum absolute atomic E-state index is 0.399. The summed E-state index contributed by atoms with van der Waals surface area (Å²) in [6.07, 6.45) is 3.56. The predicted molar refractivity (Wildman–Crippen MR) is 76.8 cm³/mol. The Bertz CT molecular complexity index is 430. The maximum atomic E-state index is 11.3. The molecule has 0 saturated carbocycles. The van der Waals surface area contributed by atoms with Gasteiger partial charge in [-0.2, -0.15) is 0 Å². The highest BCUT2D eigenvalue weighted by atomic mass is 79.9. The van der Waals surface area contributed by atoms with Gasteiger partial charge in [-0.15, -0.1) is 0 Å². The quantitative estimate of drug-likeness (QED) is 0.780. The van der Waals surface area contributed by atoms with E-state index in [4.69, 9.17) is 5.73 Å². The van der Waals surface area contributed by atoms with Crippen LogP contribution in [0.5, 0.6) is 0 Å². The molecule has 98 valence electrons. The van der Waals surface area contributed by atoms with Gasteiger partial charge in [0.25, 0.3) is 5.91 Å². The van der Waals surface area contributed by atoms with Gasteiger partial charge < -0.3 is 16.4 Å². The number of anilines is 1. The van der Waals surface area contributed by atoms with E-state index in [-0.39, 0.29) is 0 Å². The van der Waals surface area contributed by atoms with Crippen LogP contribution in [0.2, 0.25) is 0 Å². The molecule has 1 unspecified atom stereocenters. The van der Waals surface area contributed by atoms with E-state index >= 15 is 0 Å². The summed E-state index contributed by atoms with van der Waals surface area (Å²) in [5, 5.41) is 6.74. The molecule has 1 atom stereocenters. The molecule has 1 aromatic rings. The Morgan fingerprint density at radius 2 is 2.39 bits per heavy atom. The van der Waals surface area contributed by atoms with E-state index in [1.807, 2.05) is 12.1 Å². The highest BCUT2D eigenvalue weighted by Gasteiger charge is 2.14. The fourth-order valence-electron chi connectivity index (χ4n) is 2.26. The first-order valence-corrected chi connectivity index (χ1v) is 7.03. The minimum Gasteiger partial charge on any atom is -0.384 e. The zero-order chi connectivity index (χ0) is 13.0. The van der Waals surface area contributed by atoms with Gasteiger partial charge in [0, 0.05) is 22.7 Å². The Morgan fingerprint density at radius 1 is 1.56 bits per heavy atom. The van der Waals surface area contributed by atoms with Crippen molar-refractivity contribution in [3.8, 4) is 0 Å². The van der Waals surface area contributed by atoms with Crippen LogP contribution < -0.4 is 16.4 Å². The summed E-state index contributed by atoms with van der Waals surface area (Å²) in [6, 6.07) is 6.05. The lowest BCUT2D eigenvalue weighted by Gasteiger charge is -2.13. The molecule has 0 aromatic heterocycles. The van der Waals surface area contributed by atoms with Gasteiger partial charge in [0.15, 0.2) is 0 Å². The van der Waals surface area contributed by atoms with E-state index in [0.29, 0.717) is 11.6 Å². The average molecular weight is 312 g/mol. The number of hydrogen-bond acceptors (Lipinski definition) is 3. The number of halogens is 1. The molecule has 0 spiro atoms. The normalized spacial score (nSPS) is 18.8. The Morgan fingerprint density at radius 3 is 3.06 bits per heavy atom. The first-order valence-electron chi connectivity index (χ1n) is 6.23. The summed E-state index contributed by atoms with van der Waals surface area (Å²) in [5.74, 6) is -0.399. The summed E-state index contributed by atoms with van der Waals surface area (Å²) < 4.78 is 0.939. The molecular weight excluding hydrogens is 294 g/mol. The molecule has 0 radical (unpaired) electrons. The second-order valence-electron chi connectivity index (χ2n) is 4.56. The van der Waals surface area contributed by atoms with Gasteiger partial charge in [-0.1, -0.05) is 15.9 Å². The molecule has 1 fully saturated rings. The molecule has 1 saturated heterocycles. The van der Waals surface area contributed by atoms with Gasteiger partial charge in [-0.3, -0.25) is 4.79 Å². The lowest BCUT2D eigenvalue weighted by molar-refractivity contribution is 0.100. The number of carbonyl (C=O) groups excluding carboxylic acids is 1. The van der Waals surface area contributed by atoms with E-state index in [2.05, 4.69) is 26.6 Å². The monoisotopic (exact) mass is 311 g/mol. The van der Waals surface area contributed by atoms with Crippen molar-refractivity contribution in [3.05, 3.63) is 28.2 Å². The van der Waals surface area contributed by atoms with Gasteiger partial charge in [0.05, 0.1) is 5.56 Å². The van der Waals surface area contributed by atoms with E-state index in [0.717, 1.165) is 29.7 Å². The third kappa shape index (κ3) is 3.46. The largest absolute Gasteiger partial charge is 0.384 e. The topological polar surface area (TPSA) is 67.2 Å². The van der Waals surface area contributed by atoms with Crippen molar-refractivity contribution in [1.82, 2.24) is 5.32 Å². The smallest absolute Gasteiger partial charge is 0.250 e. The van der Waals surface area contributed by atoms with Crippen molar-refractivity contribution >= 4 is 27.5 Å². The van der Waals surface area contributed by atoms with Gasteiger partial charge in [-0.05, 0) is 44.0 Å². The van der Waals surface area contributed by atoms with E-state index in [1.165, 1.54) is 12.8 Å². The number of amides is 1. The molecule has 0 bridgehead atoms. The zero-order valence-electron chi connectivity index (χ0n) is 10.2. The van der Waals surface area contributed by atoms with Gasteiger partial charge in [-0.25, -0.2) is 0 Å². The fourth-order valence-corrected chi connectivity index (χ4v) is 2.62. The van der Waals surface area contributed by atoms with Crippen LogP contribution in [-0.2, 0) is 0 Å². The summed E-state index contributed by atoms with van der Waals surface area (Å²) in [5.41, 5.74) is 6.69. The maximum Gasteiger partial charge on any atom is 0.250 e. The van der Waals surface area contributed by atoms with Gasteiger partial charge in [0.2, 0.25) is 0 Å². The van der Waals surface area contributed by atoms with E-state index in [1.54, 1.807) is 6.07 Å². The molecular formula is C13H18BrN3O. The number of carbonyl (C=O) groups is 1. The molecule has 1 aromatic carbocycles. The van der Waals surface area contributed by atoms with Crippen molar-refractivity contribution < 1.29 is 4.79 Å². The first-order chi connectivity index (χ1) is 8.66. The van der Waals surface area contributed by atoms with E-state index in [9.17, 15) is 4.79 Å². The van der Waals surface area contributed by atoms with Crippen molar-refractivity contribution in [1.29, 1.82) is 0 Å². The number of nitrogens with two attached hydrogens (primary N) is 1. The van der Waals surface area contributed by atoms with Crippen LogP contribution in [0.1, 0.15) is 29.6 Å². The van der Waals surface area contributed by atoms with Crippen molar-refractivity contribution in [2.24, 2.45) is 5.73 Å². The molecule has 1 amide bonds. The maximum absolute atomic E-state index is 11.3. The zero-order valence-corrected chi connectivity index (χ0v) is 11.8. The summed E-state index contributed by atoms with van der Waals surface area (Å²) in [6.45, 7) is 1.96. The molecule has 4 N–H and O–H groups in total. The minimum atomic E-state index is -0.399. The van der Waals surface area contributed by atoms with Crippen LogP contribution in [0.4, 0.5) is 5.69 Å². The van der Waals surface area contributed by atoms with Crippen molar-refractivity contribution in [2.45, 2.75) is 25.3 Å². The Balaban J connectivity index is 1.94. The SMILES string of the molecule is NC(=O)c1ccc(Br)cc1NCCC1CCCN1. The lowest BCUT2D eigenvalue weighted by Crippen LogP contribution is -2.24. The molecule has 18 heavy (non-hydrogen) atoms. The second kappa shape index (κ2) is 6.20. The summed E-state index contributed by atoms with van der Waals surface area (Å²) >= 11 is 3.40. The molecule has 0 aliphatic carbocycles. The average Bonchev–Trinajstić information content (AvgIpc) is 2.82. The van der Waals surface area contributed by atoms with E-state index < -0.39 is 5.91 Å². The standard InChI is InChI=1S/C13H18BrN3O/c14-9-3-4-11(13(15)18)12(8-9)17-7-5-10-2-1-6-16-10/h3-4,8,10,16-17H,1-2,5-7H2,(H2,15,18). The van der Waals surface area contributed by atoms with Crippen LogP contribution in [0.25, 0.3) is 0 Å². The predicted octanol–water partition coefficient (Wildman–Crippen LogP) is 2.10. The van der Waals surface area contributed by atoms with Gasteiger partial charge >= 0.3 is 0 Å². The second-order valence-corrected chi connectivity index (χ2v) is 5.48. The number of rotatable bonds is 5. The van der Waals surface area contributed by atoms with Crippen LogP contribution in [-0.4, -0.2) is 25.0 Å². The van der Waals surface area contributed by atoms with Crippen molar-refractivity contribution in [2.75, 3.05) is 18.4 Å². The molecule has 4 nitrogen and oxygen atoms in total. The van der Waals surface area contributed by atoms with Crippen LogP contribution in [0.3, 0.4) is 0 Å². The molecule has 1 aliphatic heterocycles. The number of primary amides is 1. The van der Waals surface area contributed by atoms with Gasteiger partial charge in [0.1, 0.15) is 0 Å². The highest BCUT2D eigenvalue weighted by Crippen LogP contribution is 2.21. The Labute approximate surface area is 115 Å². The number of benzene rings is 1. The fraction of sp³-hybridized carbons (Fsp3) is 0.462. The van der Waals surface area contributed by atoms with Crippen LogP contribution in [0.15, 0.2) is 22.7 Å². The lowest BCUT2D eigenvalue weighted by atomic mass is 10.1. The molecule has 2 rings (SSSR count). The third-order valence-electron chi connectivity index (χ3n) is 3.22. The number of nitrogens with one attached hydrogen (secondary N) is 2. The van der Waals surface area contributed by atoms with Crippen molar-refractivity contribution in [3.63, 3.8) is 0 Å². The Kier molecular flexibility index (Phi) is 4.60. The summed E-state index contributed by atoms with van der Waals surface area (Å²) in [4.78, 5) is 11.3. The highest BCUT2D eigenvalue weighted by molar-refractivity contribution is 9.10. The molecule has 1 aliphatic rings. The first kappa shape index (κ1) is 13.4. The summed E-state index contributed by atoms with van der Waals surface area (Å²) in [7, 11) is 0. The molecule has 5 heteroatoms. The molecule has 1 heterocycles. The van der Waals surface area contributed by atoms with Crippen LogP contribution in [0, 0.1) is 0 Å². The third-order valence-corrected chi connectivity index (χ3v) is 3.71. The number of hydrogen-bond donors (Lipinski definition) is 3. The van der Waals surface area contributed by atoms with Crippen LogP contribution >= 0.6 is 15.9 Å².